The van der Waals surface area contributed by atoms with E-state index < -0.39 is 0 Å². The van der Waals surface area contributed by atoms with Crippen molar-refractivity contribution in [1.82, 2.24) is 9.97 Å². The number of nitriles is 2. The molecule has 0 unspecified atom stereocenters. The van der Waals surface area contributed by atoms with Gasteiger partial charge < -0.3 is 0 Å². The fourth-order valence-electron chi connectivity index (χ4n) is 1.95. The van der Waals surface area contributed by atoms with Gasteiger partial charge in [0.2, 0.25) is 0 Å². The maximum Gasteiger partial charge on any atom is 2.00 e. The van der Waals surface area contributed by atoms with E-state index in [0.29, 0.717) is 11.1 Å². The molecule has 0 aliphatic rings. The number of rotatable bonds is 1. The van der Waals surface area contributed by atoms with E-state index in [1.54, 1.807) is 60.9 Å². The second-order valence-corrected chi connectivity index (χ2v) is 5.23. The van der Waals surface area contributed by atoms with Gasteiger partial charge in [-0.3, -0.25) is 9.97 Å². The SMILES string of the molecule is N#Cc1cc[c-]cc1.N#Cc1cc[c-]cc1.[Ni+2].c1ccc(-c2ccccn2)nc1. The standard InChI is InChI=1S/C10H8N2.2C7H4N.Ni/c1-3-7-11-9(5-1)10-6-2-4-8-12-10;2*8-6-7-4-2-1-3-5-7;/h1-8H;2*2-5H;/q;2*-1;+2. The maximum absolute atomic E-state index is 8.27. The van der Waals surface area contributed by atoms with Crippen LogP contribution in [-0.4, -0.2) is 9.97 Å². The Morgan fingerprint density at radius 1 is 0.586 bits per heavy atom. The van der Waals surface area contributed by atoms with Crippen LogP contribution in [-0.2, 0) is 16.5 Å². The van der Waals surface area contributed by atoms with Gasteiger partial charge in [-0.2, -0.15) is 71.2 Å². The van der Waals surface area contributed by atoms with Crippen molar-refractivity contribution in [3.05, 3.63) is 121 Å². The fraction of sp³-hybridized carbons (Fsp3) is 0. The van der Waals surface area contributed by atoms with Crippen LogP contribution in [0.4, 0.5) is 0 Å². The first-order valence-electron chi connectivity index (χ1n) is 8.38. The first-order chi connectivity index (χ1) is 13.8. The third-order valence-electron chi connectivity index (χ3n) is 3.29. The van der Waals surface area contributed by atoms with Gasteiger partial charge in [0.15, 0.2) is 0 Å². The molecule has 4 rings (SSSR count). The van der Waals surface area contributed by atoms with Crippen LogP contribution in [0.5, 0.6) is 0 Å². The molecule has 0 bridgehead atoms. The van der Waals surface area contributed by atoms with Gasteiger partial charge in [-0.25, -0.2) is 0 Å². The van der Waals surface area contributed by atoms with E-state index >= 15 is 0 Å². The zero-order valence-electron chi connectivity index (χ0n) is 15.3. The number of aromatic nitrogens is 2. The second-order valence-electron chi connectivity index (χ2n) is 5.23. The minimum atomic E-state index is 0. The molecule has 0 spiro atoms. The van der Waals surface area contributed by atoms with Crippen molar-refractivity contribution in [2.24, 2.45) is 0 Å². The molecule has 2 aromatic carbocycles. The molecule has 4 nitrogen and oxygen atoms in total. The summed E-state index contributed by atoms with van der Waals surface area (Å²) < 4.78 is 0. The van der Waals surface area contributed by atoms with Crippen molar-refractivity contribution in [2.75, 3.05) is 0 Å². The van der Waals surface area contributed by atoms with Crippen molar-refractivity contribution in [2.45, 2.75) is 0 Å². The molecule has 0 radical (unpaired) electrons. The summed E-state index contributed by atoms with van der Waals surface area (Å²) in [7, 11) is 0. The van der Waals surface area contributed by atoms with Crippen molar-refractivity contribution >= 4 is 0 Å². The molecule has 4 aromatic rings. The molecule has 0 aliphatic heterocycles. The Balaban J connectivity index is 0.000000221. The zero-order chi connectivity index (χ0) is 19.9. The summed E-state index contributed by atoms with van der Waals surface area (Å²) in [5.74, 6) is 0. The Labute approximate surface area is 181 Å². The maximum atomic E-state index is 8.27. The van der Waals surface area contributed by atoms with Gasteiger partial charge in [0.25, 0.3) is 0 Å². The van der Waals surface area contributed by atoms with Gasteiger partial charge in [-0.05, 0) is 24.3 Å². The molecular formula is C24H16N4Ni. The molecule has 0 fully saturated rings. The van der Waals surface area contributed by atoms with E-state index in [4.69, 9.17) is 10.5 Å². The van der Waals surface area contributed by atoms with Crippen LogP contribution in [0.15, 0.2) is 97.3 Å². The monoisotopic (exact) mass is 418 g/mol. The van der Waals surface area contributed by atoms with E-state index in [0.717, 1.165) is 11.4 Å². The third-order valence-corrected chi connectivity index (χ3v) is 3.29. The summed E-state index contributed by atoms with van der Waals surface area (Å²) in [5, 5.41) is 16.5. The van der Waals surface area contributed by atoms with E-state index in [1.807, 2.05) is 48.5 Å². The topological polar surface area (TPSA) is 73.4 Å². The van der Waals surface area contributed by atoms with Crippen LogP contribution in [0.3, 0.4) is 0 Å². The number of nitrogens with zero attached hydrogens (tertiary/aromatic N) is 4. The summed E-state index contributed by atoms with van der Waals surface area (Å²) in [6.45, 7) is 0. The summed E-state index contributed by atoms with van der Waals surface area (Å²) >= 11 is 0. The quantitative estimate of drug-likeness (QED) is 0.327. The summed E-state index contributed by atoms with van der Waals surface area (Å²) in [5.41, 5.74) is 3.20. The second kappa shape index (κ2) is 14.3. The summed E-state index contributed by atoms with van der Waals surface area (Å²) in [6, 6.07) is 35.0. The van der Waals surface area contributed by atoms with E-state index in [-0.39, 0.29) is 16.5 Å². The first kappa shape index (κ1) is 23.3. The largest absolute Gasteiger partial charge is 2.00 e. The Bertz CT molecular complexity index is 923. The number of benzene rings is 2. The number of pyridine rings is 2. The Kier molecular flexibility index (Phi) is 11.5. The van der Waals surface area contributed by atoms with Crippen LogP contribution in [0.25, 0.3) is 11.4 Å². The van der Waals surface area contributed by atoms with Crippen LogP contribution >= 0.6 is 0 Å². The molecule has 0 saturated carbocycles. The predicted molar refractivity (Wildman–Crippen MR) is 107 cm³/mol. The van der Waals surface area contributed by atoms with Crippen molar-refractivity contribution in [3.8, 4) is 23.5 Å². The number of hydrogen-bond acceptors (Lipinski definition) is 4. The predicted octanol–water partition coefficient (Wildman–Crippen LogP) is 4.86. The summed E-state index contributed by atoms with van der Waals surface area (Å²) in [6.07, 6.45) is 3.54. The smallest absolute Gasteiger partial charge is 0.255 e. The number of hydrogen-bond donors (Lipinski definition) is 0. The molecule has 0 N–H and O–H groups in total. The van der Waals surface area contributed by atoms with Crippen LogP contribution in [0.2, 0.25) is 0 Å². The molecule has 0 saturated heterocycles. The Morgan fingerprint density at radius 2 is 0.966 bits per heavy atom. The van der Waals surface area contributed by atoms with Crippen LogP contribution in [0.1, 0.15) is 11.1 Å². The normalized spacial score (nSPS) is 8.34. The third kappa shape index (κ3) is 9.11. The Hall–Kier alpha value is -3.79. The molecule has 2 heterocycles. The molecule has 0 atom stereocenters. The van der Waals surface area contributed by atoms with Crippen molar-refractivity contribution in [1.29, 1.82) is 10.5 Å². The molecule has 0 amide bonds. The van der Waals surface area contributed by atoms with Gasteiger partial charge in [0.05, 0.1) is 23.5 Å². The Morgan fingerprint density at radius 3 is 1.21 bits per heavy atom. The average Bonchev–Trinajstić information content (AvgIpc) is 2.82. The molecule has 0 aliphatic carbocycles. The summed E-state index contributed by atoms with van der Waals surface area (Å²) in [4.78, 5) is 8.37. The van der Waals surface area contributed by atoms with Gasteiger partial charge in [0, 0.05) is 12.4 Å². The molecule has 142 valence electrons. The molecule has 5 heteroatoms. The molecule has 29 heavy (non-hydrogen) atoms. The van der Waals surface area contributed by atoms with Crippen molar-refractivity contribution < 1.29 is 16.5 Å². The average molecular weight is 419 g/mol. The van der Waals surface area contributed by atoms with Gasteiger partial charge in [-0.1, -0.05) is 23.3 Å². The minimum Gasteiger partial charge on any atom is -0.255 e. The molecular weight excluding hydrogens is 403 g/mol. The zero-order valence-corrected chi connectivity index (χ0v) is 16.3. The van der Waals surface area contributed by atoms with Crippen LogP contribution in [0, 0.1) is 34.8 Å². The van der Waals surface area contributed by atoms with Crippen molar-refractivity contribution in [3.63, 3.8) is 0 Å². The van der Waals surface area contributed by atoms with Crippen LogP contribution < -0.4 is 0 Å². The molecule has 2 aromatic heterocycles. The van der Waals surface area contributed by atoms with E-state index in [9.17, 15) is 0 Å². The van der Waals surface area contributed by atoms with E-state index in [2.05, 4.69) is 22.1 Å². The van der Waals surface area contributed by atoms with Gasteiger partial charge in [0.1, 0.15) is 0 Å². The van der Waals surface area contributed by atoms with Gasteiger partial charge >= 0.3 is 16.5 Å². The minimum absolute atomic E-state index is 0. The fourth-order valence-corrected chi connectivity index (χ4v) is 1.95. The van der Waals surface area contributed by atoms with Gasteiger partial charge in [-0.15, -0.1) is 0 Å². The first-order valence-corrected chi connectivity index (χ1v) is 8.38. The van der Waals surface area contributed by atoms with E-state index in [1.165, 1.54) is 0 Å².